The molecule has 2 saturated heterocycles. The Morgan fingerprint density at radius 1 is 0.526 bits per heavy atom. The second-order valence-electron chi connectivity index (χ2n) is 11.5. The molecular formula is C34H42O4. The summed E-state index contributed by atoms with van der Waals surface area (Å²) in [5.41, 5.74) is 12.3. The van der Waals surface area contributed by atoms with Gasteiger partial charge in [-0.25, -0.2) is 0 Å². The fourth-order valence-electron chi connectivity index (χ4n) is 5.46. The van der Waals surface area contributed by atoms with Crippen molar-refractivity contribution in [2.75, 3.05) is 13.2 Å². The molecule has 6 atom stereocenters. The zero-order chi connectivity index (χ0) is 27.1. The molecule has 6 unspecified atom stereocenters. The molecule has 202 valence electrons. The number of hydrogen-bond acceptors (Lipinski definition) is 4. The second-order valence-corrected chi connectivity index (χ2v) is 11.5. The van der Waals surface area contributed by atoms with Crippen LogP contribution in [-0.2, 0) is 18.9 Å². The summed E-state index contributed by atoms with van der Waals surface area (Å²) >= 11 is 0. The third-order valence-electron chi connectivity index (χ3n) is 8.95. The third kappa shape index (κ3) is 5.08. The summed E-state index contributed by atoms with van der Waals surface area (Å²) in [6, 6.07) is 17.6. The monoisotopic (exact) mass is 514 g/mol. The van der Waals surface area contributed by atoms with Crippen LogP contribution in [0.5, 0.6) is 0 Å². The van der Waals surface area contributed by atoms with Gasteiger partial charge in [-0.3, -0.25) is 0 Å². The van der Waals surface area contributed by atoms with Crippen molar-refractivity contribution in [3.8, 4) is 22.3 Å². The predicted molar refractivity (Wildman–Crippen MR) is 153 cm³/mol. The van der Waals surface area contributed by atoms with Crippen LogP contribution in [0.25, 0.3) is 22.3 Å². The maximum Gasteiger partial charge on any atom is 0.184 e. The minimum atomic E-state index is -0.293. The van der Waals surface area contributed by atoms with Crippen molar-refractivity contribution in [3.05, 3.63) is 81.9 Å². The number of ether oxygens (including phenoxy) is 4. The van der Waals surface area contributed by atoms with Crippen molar-refractivity contribution in [1.82, 2.24) is 0 Å². The van der Waals surface area contributed by atoms with Gasteiger partial charge in [0.2, 0.25) is 0 Å². The van der Waals surface area contributed by atoms with Crippen LogP contribution in [0.15, 0.2) is 48.5 Å². The Labute approximate surface area is 228 Å². The highest BCUT2D eigenvalue weighted by molar-refractivity contribution is 5.79. The Bertz CT molecular complexity index is 1290. The molecule has 0 bridgehead atoms. The van der Waals surface area contributed by atoms with Crippen molar-refractivity contribution in [1.29, 1.82) is 0 Å². The molecule has 0 spiro atoms. The normalized spacial score (nSPS) is 27.9. The Kier molecular flexibility index (Phi) is 7.79. The standard InChI is InChI=1S/C34H42O4/c1-19-17-35-33(37-25(19)7)28-11-9-27(10-12-28)29-13-14-30(22(4)21(29)3)31-15-16-32(24(6)23(31)5)34-36-18-20(2)26(8)38-34/h9-16,19-20,25-26,33-34H,17-18H2,1-8H3. The Balaban J connectivity index is 1.40. The maximum absolute atomic E-state index is 6.19. The molecule has 3 aromatic carbocycles. The Morgan fingerprint density at radius 3 is 1.61 bits per heavy atom. The van der Waals surface area contributed by atoms with Crippen molar-refractivity contribution in [3.63, 3.8) is 0 Å². The van der Waals surface area contributed by atoms with Crippen LogP contribution in [0, 0.1) is 39.5 Å². The van der Waals surface area contributed by atoms with Crippen LogP contribution >= 0.6 is 0 Å². The lowest BCUT2D eigenvalue weighted by atomic mass is 9.87. The van der Waals surface area contributed by atoms with Gasteiger partial charge in [0.05, 0.1) is 25.4 Å². The average molecular weight is 515 g/mol. The van der Waals surface area contributed by atoms with Crippen LogP contribution in [0.1, 0.15) is 73.7 Å². The smallest absolute Gasteiger partial charge is 0.184 e. The molecule has 0 N–H and O–H groups in total. The molecule has 0 radical (unpaired) electrons. The molecule has 3 aromatic rings. The van der Waals surface area contributed by atoms with E-state index in [9.17, 15) is 0 Å². The van der Waals surface area contributed by atoms with Gasteiger partial charge < -0.3 is 18.9 Å². The van der Waals surface area contributed by atoms with Crippen molar-refractivity contribution in [2.24, 2.45) is 11.8 Å². The van der Waals surface area contributed by atoms with Gasteiger partial charge in [-0.15, -0.1) is 0 Å². The first-order chi connectivity index (χ1) is 18.2. The van der Waals surface area contributed by atoms with Crippen LogP contribution in [0.3, 0.4) is 0 Å². The SMILES string of the molecule is Cc1c(-c2ccc(C3OCC(C)C(C)O3)cc2)ccc(-c2ccc(C3OCC(C)C(C)O3)c(C)c2C)c1C. The highest BCUT2D eigenvalue weighted by atomic mass is 16.7. The average Bonchev–Trinajstić information content (AvgIpc) is 2.91. The Hall–Kier alpha value is -2.50. The minimum absolute atomic E-state index is 0.189. The molecule has 2 heterocycles. The van der Waals surface area contributed by atoms with E-state index in [1.54, 1.807) is 0 Å². The van der Waals surface area contributed by atoms with E-state index in [1.165, 1.54) is 44.5 Å². The van der Waals surface area contributed by atoms with Crippen molar-refractivity contribution >= 4 is 0 Å². The summed E-state index contributed by atoms with van der Waals surface area (Å²) in [5, 5.41) is 0. The Morgan fingerprint density at radius 2 is 1.00 bits per heavy atom. The van der Waals surface area contributed by atoms with Gasteiger partial charge in [-0.05, 0) is 86.1 Å². The maximum atomic E-state index is 6.19. The molecule has 2 aliphatic heterocycles. The van der Waals surface area contributed by atoms with E-state index in [2.05, 4.69) is 104 Å². The van der Waals surface area contributed by atoms with E-state index >= 15 is 0 Å². The van der Waals surface area contributed by atoms with E-state index in [4.69, 9.17) is 18.9 Å². The topological polar surface area (TPSA) is 36.9 Å². The van der Waals surface area contributed by atoms with Crippen LogP contribution in [0.4, 0.5) is 0 Å². The van der Waals surface area contributed by atoms with Gasteiger partial charge in [-0.1, -0.05) is 62.4 Å². The fourth-order valence-corrected chi connectivity index (χ4v) is 5.46. The van der Waals surface area contributed by atoms with Gasteiger partial charge in [0.1, 0.15) is 0 Å². The first-order valence-electron chi connectivity index (χ1n) is 14.0. The van der Waals surface area contributed by atoms with Crippen LogP contribution < -0.4 is 0 Å². The molecule has 2 fully saturated rings. The van der Waals surface area contributed by atoms with Crippen molar-refractivity contribution in [2.45, 2.75) is 80.2 Å². The molecule has 4 heteroatoms. The highest BCUT2D eigenvalue weighted by Gasteiger charge is 2.29. The lowest BCUT2D eigenvalue weighted by Gasteiger charge is -2.34. The van der Waals surface area contributed by atoms with Gasteiger partial charge in [-0.2, -0.15) is 0 Å². The first kappa shape index (κ1) is 27.1. The molecule has 38 heavy (non-hydrogen) atoms. The summed E-state index contributed by atoms with van der Waals surface area (Å²) < 4.78 is 24.3. The molecule has 0 aromatic heterocycles. The molecule has 0 amide bonds. The summed E-state index contributed by atoms with van der Waals surface area (Å²) in [5.74, 6) is 0.827. The number of rotatable bonds is 4. The summed E-state index contributed by atoms with van der Waals surface area (Å²) in [6.45, 7) is 18.9. The lowest BCUT2D eigenvalue weighted by Crippen LogP contribution is -2.32. The lowest BCUT2D eigenvalue weighted by molar-refractivity contribution is -0.233. The van der Waals surface area contributed by atoms with Gasteiger partial charge >= 0.3 is 0 Å². The van der Waals surface area contributed by atoms with E-state index in [-0.39, 0.29) is 24.8 Å². The summed E-state index contributed by atoms with van der Waals surface area (Å²) in [7, 11) is 0. The van der Waals surface area contributed by atoms with E-state index in [0.29, 0.717) is 11.8 Å². The van der Waals surface area contributed by atoms with E-state index in [0.717, 1.165) is 24.3 Å². The minimum Gasteiger partial charge on any atom is -0.348 e. The fraction of sp³-hybridized carbons (Fsp3) is 0.471. The molecule has 0 saturated carbocycles. The van der Waals surface area contributed by atoms with Crippen LogP contribution in [-0.4, -0.2) is 25.4 Å². The molecule has 5 rings (SSSR count). The van der Waals surface area contributed by atoms with Gasteiger partial charge in [0.15, 0.2) is 12.6 Å². The molecule has 2 aliphatic rings. The van der Waals surface area contributed by atoms with Crippen LogP contribution in [0.2, 0.25) is 0 Å². The predicted octanol–water partition coefficient (Wildman–Crippen LogP) is 8.39. The van der Waals surface area contributed by atoms with E-state index < -0.39 is 0 Å². The highest BCUT2D eigenvalue weighted by Crippen LogP contribution is 2.39. The van der Waals surface area contributed by atoms with E-state index in [1.807, 2.05) is 0 Å². The van der Waals surface area contributed by atoms with Gasteiger partial charge in [0.25, 0.3) is 0 Å². The van der Waals surface area contributed by atoms with Gasteiger partial charge in [0, 0.05) is 23.0 Å². The zero-order valence-electron chi connectivity index (χ0n) is 24.1. The molecular weight excluding hydrogens is 472 g/mol. The largest absolute Gasteiger partial charge is 0.348 e. The summed E-state index contributed by atoms with van der Waals surface area (Å²) in [6.07, 6.45) is -0.194. The quantitative estimate of drug-likeness (QED) is 0.350. The number of benzene rings is 3. The first-order valence-corrected chi connectivity index (χ1v) is 14.0. The zero-order valence-corrected chi connectivity index (χ0v) is 24.1. The van der Waals surface area contributed by atoms with Crippen molar-refractivity contribution < 1.29 is 18.9 Å². The molecule has 4 nitrogen and oxygen atoms in total. The third-order valence-corrected chi connectivity index (χ3v) is 8.95. The number of hydrogen-bond donors (Lipinski definition) is 0. The second kappa shape index (κ2) is 10.9. The summed E-state index contributed by atoms with van der Waals surface area (Å²) in [4.78, 5) is 0. The molecule has 0 aliphatic carbocycles.